The highest BCUT2D eigenvalue weighted by Gasteiger charge is 2.16. The van der Waals surface area contributed by atoms with Crippen LogP contribution < -0.4 is 11.2 Å². The van der Waals surface area contributed by atoms with Gasteiger partial charge in [0.05, 0.1) is 22.8 Å². The molecule has 0 saturated heterocycles. The summed E-state index contributed by atoms with van der Waals surface area (Å²) in [6.07, 6.45) is 6.83. The fourth-order valence-electron chi connectivity index (χ4n) is 4.63. The van der Waals surface area contributed by atoms with E-state index in [-0.39, 0.29) is 0 Å². The summed E-state index contributed by atoms with van der Waals surface area (Å²) in [5.41, 5.74) is 4.37. The third kappa shape index (κ3) is 3.59. The van der Waals surface area contributed by atoms with E-state index in [1.807, 2.05) is 61.5 Å². The molecule has 3 aromatic carbocycles. The van der Waals surface area contributed by atoms with Gasteiger partial charge in [0.1, 0.15) is 0 Å². The van der Waals surface area contributed by atoms with Crippen LogP contribution in [0.2, 0.25) is 5.02 Å². The van der Waals surface area contributed by atoms with Gasteiger partial charge in [0.25, 0.3) is 5.56 Å². The number of nitrogens with zero attached hydrogens (tertiary/aromatic N) is 3. The number of benzene rings is 3. The van der Waals surface area contributed by atoms with E-state index < -0.39 is 11.2 Å². The van der Waals surface area contributed by atoms with E-state index in [0.29, 0.717) is 21.6 Å². The Morgan fingerprint density at radius 2 is 1.64 bits per heavy atom. The zero-order valence-electron chi connectivity index (χ0n) is 19.2. The standard InChI is InChI=1S/C29H19ClN4O2/c1-17-11-20(15-31-13-17)22-7-4-8-24(30)27(22)18-9-10-23-25(12-18)33-29(36)34(28(23)35)26-16-32-14-19-5-2-3-6-21(19)26/h2-16H,1H3,(H,33,36). The molecule has 6 nitrogen and oxygen atoms in total. The fourth-order valence-corrected chi connectivity index (χ4v) is 4.91. The molecular formula is C29H19ClN4O2. The molecule has 1 N–H and O–H groups in total. The number of pyridine rings is 2. The lowest BCUT2D eigenvalue weighted by molar-refractivity contribution is 0.902. The molecule has 0 aliphatic carbocycles. The lowest BCUT2D eigenvalue weighted by Gasteiger charge is -2.14. The van der Waals surface area contributed by atoms with Crippen LogP contribution in [0, 0.1) is 6.92 Å². The first-order chi connectivity index (χ1) is 17.5. The second-order valence-corrected chi connectivity index (χ2v) is 9.03. The highest BCUT2D eigenvalue weighted by molar-refractivity contribution is 6.34. The number of H-pyrrole nitrogens is 1. The molecule has 0 bridgehead atoms. The van der Waals surface area contributed by atoms with Gasteiger partial charge in [-0.15, -0.1) is 0 Å². The fraction of sp³-hybridized carbons (Fsp3) is 0.0345. The first kappa shape index (κ1) is 21.9. The molecule has 0 radical (unpaired) electrons. The number of fused-ring (bicyclic) bond motifs is 2. The van der Waals surface area contributed by atoms with Crippen molar-refractivity contribution >= 4 is 33.3 Å². The van der Waals surface area contributed by atoms with Crippen LogP contribution in [-0.2, 0) is 0 Å². The molecule has 3 aromatic heterocycles. The summed E-state index contributed by atoms with van der Waals surface area (Å²) in [7, 11) is 0. The summed E-state index contributed by atoms with van der Waals surface area (Å²) in [4.78, 5) is 38.1. The summed E-state index contributed by atoms with van der Waals surface area (Å²) in [6.45, 7) is 1.98. The first-order valence-electron chi connectivity index (χ1n) is 11.3. The van der Waals surface area contributed by atoms with Gasteiger partial charge >= 0.3 is 5.69 Å². The van der Waals surface area contributed by atoms with Crippen LogP contribution in [-0.4, -0.2) is 19.5 Å². The molecule has 0 amide bonds. The quantitative estimate of drug-likeness (QED) is 0.334. The summed E-state index contributed by atoms with van der Waals surface area (Å²) in [5.74, 6) is 0. The predicted molar refractivity (Wildman–Crippen MR) is 144 cm³/mol. The smallest absolute Gasteiger partial charge is 0.306 e. The van der Waals surface area contributed by atoms with Crippen molar-refractivity contribution in [2.45, 2.75) is 6.92 Å². The largest absolute Gasteiger partial charge is 0.333 e. The molecule has 3 heterocycles. The number of rotatable bonds is 3. The van der Waals surface area contributed by atoms with E-state index in [1.54, 1.807) is 30.7 Å². The number of nitrogens with one attached hydrogen (secondary N) is 1. The minimum absolute atomic E-state index is 0.386. The first-order valence-corrected chi connectivity index (χ1v) is 11.7. The lowest BCUT2D eigenvalue weighted by atomic mass is 9.94. The van der Waals surface area contributed by atoms with E-state index in [2.05, 4.69) is 15.0 Å². The highest BCUT2D eigenvalue weighted by Crippen LogP contribution is 2.38. The maximum Gasteiger partial charge on any atom is 0.333 e. The number of aryl methyl sites for hydroxylation is 1. The van der Waals surface area contributed by atoms with Crippen LogP contribution in [0.4, 0.5) is 0 Å². The number of hydrogen-bond donors (Lipinski definition) is 1. The van der Waals surface area contributed by atoms with Gasteiger partial charge in [-0.1, -0.05) is 54.1 Å². The van der Waals surface area contributed by atoms with Crippen LogP contribution in [0.15, 0.2) is 101 Å². The SMILES string of the molecule is Cc1cncc(-c2cccc(Cl)c2-c2ccc3c(=O)n(-c4cncc5ccccc45)c(=O)[nH]c3c2)c1. The Morgan fingerprint density at radius 3 is 2.50 bits per heavy atom. The minimum atomic E-state index is -0.537. The van der Waals surface area contributed by atoms with Crippen molar-refractivity contribution in [2.24, 2.45) is 0 Å². The zero-order valence-corrected chi connectivity index (χ0v) is 20.0. The predicted octanol–water partition coefficient (Wildman–Crippen LogP) is 5.92. The van der Waals surface area contributed by atoms with Crippen LogP contribution in [0.3, 0.4) is 0 Å². The Morgan fingerprint density at radius 1 is 0.806 bits per heavy atom. The molecule has 0 saturated carbocycles. The van der Waals surface area contributed by atoms with Crippen molar-refractivity contribution in [1.82, 2.24) is 19.5 Å². The molecule has 174 valence electrons. The van der Waals surface area contributed by atoms with Gasteiger partial charge in [0, 0.05) is 45.5 Å². The number of hydrogen-bond acceptors (Lipinski definition) is 4. The van der Waals surface area contributed by atoms with E-state index >= 15 is 0 Å². The topological polar surface area (TPSA) is 80.6 Å². The molecule has 6 rings (SSSR count). The van der Waals surface area contributed by atoms with Crippen molar-refractivity contribution in [3.05, 3.63) is 123 Å². The lowest BCUT2D eigenvalue weighted by Crippen LogP contribution is -2.33. The van der Waals surface area contributed by atoms with Crippen LogP contribution in [0.25, 0.3) is 49.6 Å². The van der Waals surface area contributed by atoms with Crippen LogP contribution in [0.1, 0.15) is 5.56 Å². The van der Waals surface area contributed by atoms with Gasteiger partial charge in [-0.25, -0.2) is 9.36 Å². The van der Waals surface area contributed by atoms with Gasteiger partial charge in [-0.3, -0.25) is 14.8 Å². The minimum Gasteiger partial charge on any atom is -0.306 e. The monoisotopic (exact) mass is 490 g/mol. The van der Waals surface area contributed by atoms with Crippen molar-refractivity contribution in [2.75, 3.05) is 0 Å². The average molecular weight is 491 g/mol. The van der Waals surface area contributed by atoms with Crippen molar-refractivity contribution in [3.63, 3.8) is 0 Å². The van der Waals surface area contributed by atoms with Crippen molar-refractivity contribution in [1.29, 1.82) is 0 Å². The molecule has 0 unspecified atom stereocenters. The molecule has 0 atom stereocenters. The maximum absolute atomic E-state index is 13.5. The van der Waals surface area contributed by atoms with E-state index in [9.17, 15) is 9.59 Å². The Balaban J connectivity index is 1.57. The van der Waals surface area contributed by atoms with Gasteiger partial charge in [-0.2, -0.15) is 0 Å². The van der Waals surface area contributed by atoms with E-state index in [4.69, 9.17) is 11.6 Å². The molecule has 0 aliphatic heterocycles. The zero-order chi connectivity index (χ0) is 24.8. The third-order valence-electron chi connectivity index (χ3n) is 6.27. The molecule has 0 fully saturated rings. The summed E-state index contributed by atoms with van der Waals surface area (Å²) >= 11 is 6.66. The molecule has 7 heteroatoms. The van der Waals surface area contributed by atoms with Crippen molar-refractivity contribution in [3.8, 4) is 27.9 Å². The van der Waals surface area contributed by atoms with Gasteiger partial charge < -0.3 is 4.98 Å². The van der Waals surface area contributed by atoms with Gasteiger partial charge in [0.15, 0.2) is 0 Å². The van der Waals surface area contributed by atoms with Crippen LogP contribution >= 0.6 is 11.6 Å². The summed E-state index contributed by atoms with van der Waals surface area (Å²) < 4.78 is 1.14. The van der Waals surface area contributed by atoms with E-state index in [0.717, 1.165) is 43.2 Å². The van der Waals surface area contributed by atoms with Gasteiger partial charge in [0.2, 0.25) is 0 Å². The maximum atomic E-state index is 13.5. The number of aromatic nitrogens is 4. The Bertz CT molecular complexity index is 1920. The molecule has 0 spiro atoms. The van der Waals surface area contributed by atoms with Crippen molar-refractivity contribution < 1.29 is 0 Å². The molecule has 6 aromatic rings. The normalized spacial score (nSPS) is 11.3. The second-order valence-electron chi connectivity index (χ2n) is 8.62. The third-order valence-corrected chi connectivity index (χ3v) is 6.59. The number of aromatic amines is 1. The molecule has 0 aliphatic rings. The Labute approximate surface area is 210 Å². The highest BCUT2D eigenvalue weighted by atomic mass is 35.5. The van der Waals surface area contributed by atoms with Crippen LogP contribution in [0.5, 0.6) is 0 Å². The second kappa shape index (κ2) is 8.59. The Kier molecular flexibility index (Phi) is 5.24. The molecule has 36 heavy (non-hydrogen) atoms. The Hall–Kier alpha value is -4.55. The summed E-state index contributed by atoms with van der Waals surface area (Å²) in [6, 6.07) is 20.6. The van der Waals surface area contributed by atoms with E-state index in [1.165, 1.54) is 6.20 Å². The summed E-state index contributed by atoms with van der Waals surface area (Å²) in [5, 5.41) is 2.56. The number of halogens is 1. The van der Waals surface area contributed by atoms with Gasteiger partial charge in [-0.05, 0) is 47.9 Å². The average Bonchev–Trinajstić information content (AvgIpc) is 2.88. The molecular weight excluding hydrogens is 472 g/mol.